The van der Waals surface area contributed by atoms with Crippen molar-refractivity contribution in [2.24, 2.45) is 0 Å². The van der Waals surface area contributed by atoms with Gasteiger partial charge < -0.3 is 24.8 Å². The van der Waals surface area contributed by atoms with Gasteiger partial charge in [0, 0.05) is 31.9 Å². The molecule has 0 bridgehead atoms. The van der Waals surface area contributed by atoms with E-state index in [0.29, 0.717) is 24.5 Å². The lowest BCUT2D eigenvalue weighted by atomic mass is 10.0. The number of hydrogen-bond acceptors (Lipinski definition) is 9. The van der Waals surface area contributed by atoms with Crippen LogP contribution in [0.15, 0.2) is 60.0 Å². The molecule has 3 aromatic rings. The molecule has 1 aliphatic heterocycles. The number of hydrogen-bond donors (Lipinski definition) is 2. The molecule has 0 saturated carbocycles. The highest BCUT2D eigenvalue weighted by Gasteiger charge is 2.45. The molecule has 2 unspecified atom stereocenters. The number of urea groups is 1. The van der Waals surface area contributed by atoms with Gasteiger partial charge in [-0.05, 0) is 23.3 Å². The third-order valence-electron chi connectivity index (χ3n) is 5.96. The zero-order valence-corrected chi connectivity index (χ0v) is 22.2. The fourth-order valence-corrected chi connectivity index (χ4v) is 4.70. The largest absolute Gasteiger partial charge is 0.494 e. The van der Waals surface area contributed by atoms with Crippen molar-refractivity contribution >= 4 is 40.3 Å². The van der Waals surface area contributed by atoms with E-state index in [2.05, 4.69) is 20.4 Å². The molecule has 204 valence electrons. The lowest BCUT2D eigenvalue weighted by Crippen LogP contribution is -2.49. The maximum atomic E-state index is 13.5. The number of nitrogens with one attached hydrogen (secondary N) is 2. The normalized spacial score (nSPS) is 15.5. The summed E-state index contributed by atoms with van der Waals surface area (Å²) in [6, 6.07) is 13.1. The lowest BCUT2D eigenvalue weighted by molar-refractivity contribution is -0.134. The van der Waals surface area contributed by atoms with Gasteiger partial charge in [-0.25, -0.2) is 19.5 Å². The molecule has 1 aliphatic rings. The van der Waals surface area contributed by atoms with E-state index in [-0.39, 0.29) is 17.2 Å². The Bertz CT molecular complexity index is 1310. The van der Waals surface area contributed by atoms with Crippen LogP contribution in [0.1, 0.15) is 34.1 Å². The van der Waals surface area contributed by atoms with Gasteiger partial charge in [0.05, 0.1) is 13.7 Å². The number of esters is 1. The van der Waals surface area contributed by atoms with Crippen molar-refractivity contribution in [1.82, 2.24) is 15.2 Å². The maximum absolute atomic E-state index is 13.5. The molecule has 1 saturated heterocycles. The molecular formula is C27H28N4O7S. The van der Waals surface area contributed by atoms with E-state index in [0.717, 1.165) is 28.2 Å². The van der Waals surface area contributed by atoms with E-state index in [4.69, 9.17) is 9.47 Å². The first-order valence-electron chi connectivity index (χ1n) is 12.1. The zero-order valence-electron chi connectivity index (χ0n) is 21.4. The van der Waals surface area contributed by atoms with Crippen LogP contribution in [0, 0.1) is 0 Å². The van der Waals surface area contributed by atoms with E-state index in [1.54, 1.807) is 55.6 Å². The van der Waals surface area contributed by atoms with Gasteiger partial charge in [0.25, 0.3) is 5.91 Å². The van der Waals surface area contributed by atoms with E-state index < -0.39 is 35.9 Å². The summed E-state index contributed by atoms with van der Waals surface area (Å²) in [5, 5.41) is 6.91. The number of methoxy groups -OCH3 is 2. The van der Waals surface area contributed by atoms with Gasteiger partial charge in [0.2, 0.25) is 5.91 Å². The quantitative estimate of drug-likeness (QED) is 0.199. The summed E-state index contributed by atoms with van der Waals surface area (Å²) in [5.74, 6) is -1.19. The van der Waals surface area contributed by atoms with Gasteiger partial charge in [0.15, 0.2) is 10.8 Å². The third-order valence-corrected chi connectivity index (χ3v) is 6.72. The Morgan fingerprint density at radius 3 is 2.51 bits per heavy atom. The van der Waals surface area contributed by atoms with Crippen LogP contribution >= 0.6 is 11.3 Å². The smallest absolute Gasteiger partial charge is 0.357 e. The summed E-state index contributed by atoms with van der Waals surface area (Å²) in [7, 11) is 2.85. The first-order chi connectivity index (χ1) is 18.9. The Kier molecular flexibility index (Phi) is 9.23. The van der Waals surface area contributed by atoms with E-state index in [1.165, 1.54) is 12.5 Å². The molecular weight excluding hydrogens is 524 g/mol. The minimum Gasteiger partial charge on any atom is -0.494 e. The molecule has 2 heterocycles. The van der Waals surface area contributed by atoms with Crippen LogP contribution in [-0.4, -0.2) is 67.2 Å². The van der Waals surface area contributed by atoms with Crippen LogP contribution < -0.4 is 15.4 Å². The summed E-state index contributed by atoms with van der Waals surface area (Å²) < 4.78 is 15.3. The second-order valence-electron chi connectivity index (χ2n) is 8.58. The van der Waals surface area contributed by atoms with Crippen molar-refractivity contribution in [2.45, 2.75) is 24.9 Å². The number of benzene rings is 2. The van der Waals surface area contributed by atoms with Crippen LogP contribution in [0.25, 0.3) is 0 Å². The Hall–Kier alpha value is -4.29. The summed E-state index contributed by atoms with van der Waals surface area (Å²) in [4.78, 5) is 56.7. The summed E-state index contributed by atoms with van der Waals surface area (Å²) in [5.41, 5.74) is 1.35. The number of carbonyl (C=O) groups excluding carboxylic acids is 4. The third kappa shape index (κ3) is 6.78. The van der Waals surface area contributed by atoms with Crippen LogP contribution in [-0.2, 0) is 25.5 Å². The topological polar surface area (TPSA) is 136 Å². The Morgan fingerprint density at radius 1 is 1.08 bits per heavy atom. The predicted octanol–water partition coefficient (Wildman–Crippen LogP) is 3.19. The SMILES string of the molecule is COCCCOc1ccc(C2NC(=O)N(C(Cc3ccccc3)C(=O)Nc3nc(C(=O)OC)cs3)C2=O)cc1. The van der Waals surface area contributed by atoms with Gasteiger partial charge in [-0.3, -0.25) is 9.59 Å². The van der Waals surface area contributed by atoms with Crippen molar-refractivity contribution in [3.63, 3.8) is 0 Å². The van der Waals surface area contributed by atoms with Gasteiger partial charge >= 0.3 is 12.0 Å². The number of rotatable bonds is 12. The second-order valence-corrected chi connectivity index (χ2v) is 9.44. The fourth-order valence-electron chi connectivity index (χ4n) is 4.02. The van der Waals surface area contributed by atoms with Crippen molar-refractivity contribution in [2.75, 3.05) is 32.8 Å². The molecule has 0 spiro atoms. The molecule has 2 atom stereocenters. The number of thiazole rings is 1. The summed E-state index contributed by atoms with van der Waals surface area (Å²) in [6.07, 6.45) is 0.822. The van der Waals surface area contributed by atoms with Gasteiger partial charge in [-0.15, -0.1) is 11.3 Å². The van der Waals surface area contributed by atoms with Crippen molar-refractivity contribution < 1.29 is 33.4 Å². The van der Waals surface area contributed by atoms with Gasteiger partial charge in [-0.2, -0.15) is 0 Å². The Morgan fingerprint density at radius 2 is 1.82 bits per heavy atom. The monoisotopic (exact) mass is 552 g/mol. The highest BCUT2D eigenvalue weighted by molar-refractivity contribution is 7.14. The molecule has 0 aliphatic carbocycles. The predicted molar refractivity (Wildman–Crippen MR) is 143 cm³/mol. The summed E-state index contributed by atoms with van der Waals surface area (Å²) in [6.45, 7) is 1.07. The fraction of sp³-hybridized carbons (Fsp3) is 0.296. The van der Waals surface area contributed by atoms with Crippen LogP contribution in [0.3, 0.4) is 0 Å². The molecule has 1 fully saturated rings. The molecule has 11 nitrogen and oxygen atoms in total. The number of amides is 4. The standard InChI is InChI=1S/C27H28N4O7S/c1-36-13-6-14-38-19-11-9-18(10-12-19)22-24(33)31(27(35)29-22)21(15-17-7-4-3-5-8-17)23(32)30-26-28-20(16-39-26)25(34)37-2/h3-5,7-12,16,21-22H,6,13-15H2,1-2H3,(H,29,35)(H,28,30,32). The number of anilines is 1. The molecule has 2 N–H and O–H groups in total. The highest BCUT2D eigenvalue weighted by Crippen LogP contribution is 2.27. The molecule has 1 aromatic heterocycles. The van der Waals surface area contributed by atoms with Crippen LogP contribution in [0.5, 0.6) is 5.75 Å². The average molecular weight is 553 g/mol. The molecule has 12 heteroatoms. The molecule has 39 heavy (non-hydrogen) atoms. The highest BCUT2D eigenvalue weighted by atomic mass is 32.1. The molecule has 0 radical (unpaired) electrons. The number of ether oxygens (including phenoxy) is 3. The lowest BCUT2D eigenvalue weighted by Gasteiger charge is -2.24. The average Bonchev–Trinajstić information content (AvgIpc) is 3.54. The van der Waals surface area contributed by atoms with E-state index >= 15 is 0 Å². The maximum Gasteiger partial charge on any atom is 0.357 e. The Labute approximate surface area is 229 Å². The van der Waals surface area contributed by atoms with Gasteiger partial charge in [0.1, 0.15) is 17.8 Å². The minimum absolute atomic E-state index is 0.0404. The van der Waals surface area contributed by atoms with Crippen molar-refractivity contribution in [3.05, 3.63) is 76.8 Å². The Balaban J connectivity index is 1.52. The molecule has 2 aromatic carbocycles. The zero-order chi connectivity index (χ0) is 27.8. The van der Waals surface area contributed by atoms with Crippen molar-refractivity contribution in [3.8, 4) is 5.75 Å². The summed E-state index contributed by atoms with van der Waals surface area (Å²) >= 11 is 1.03. The minimum atomic E-state index is -1.17. The number of nitrogens with zero attached hydrogens (tertiary/aromatic N) is 2. The van der Waals surface area contributed by atoms with E-state index in [9.17, 15) is 19.2 Å². The second kappa shape index (κ2) is 13.0. The number of carbonyl (C=O) groups is 4. The van der Waals surface area contributed by atoms with Crippen LogP contribution in [0.4, 0.5) is 9.93 Å². The molecule has 4 rings (SSSR count). The molecule has 4 amide bonds. The van der Waals surface area contributed by atoms with Crippen molar-refractivity contribution in [1.29, 1.82) is 0 Å². The van der Waals surface area contributed by atoms with Gasteiger partial charge in [-0.1, -0.05) is 42.5 Å². The van der Waals surface area contributed by atoms with E-state index in [1.807, 2.05) is 6.07 Å². The van der Waals surface area contributed by atoms with Crippen LogP contribution in [0.2, 0.25) is 0 Å². The number of aromatic nitrogens is 1. The number of imide groups is 1. The first kappa shape index (κ1) is 27.7. The first-order valence-corrected chi connectivity index (χ1v) is 13.0.